The highest BCUT2D eigenvalue weighted by molar-refractivity contribution is 9.10. The lowest BCUT2D eigenvalue weighted by molar-refractivity contribution is 0.586. The van der Waals surface area contributed by atoms with Crippen LogP contribution in [0.2, 0.25) is 0 Å². The zero-order valence-corrected chi connectivity index (χ0v) is 13.6. The van der Waals surface area contributed by atoms with Gasteiger partial charge in [-0.15, -0.1) is 0 Å². The molecule has 0 bridgehead atoms. The van der Waals surface area contributed by atoms with Crippen molar-refractivity contribution in [3.05, 3.63) is 68.9 Å². The molecule has 1 unspecified atom stereocenters. The van der Waals surface area contributed by atoms with Crippen molar-refractivity contribution in [3.8, 4) is 0 Å². The molecule has 0 aliphatic heterocycles. The van der Waals surface area contributed by atoms with Gasteiger partial charge in [-0.2, -0.15) is 0 Å². The average molecular weight is 336 g/mol. The van der Waals surface area contributed by atoms with E-state index in [2.05, 4.69) is 53.3 Å². The SMILES string of the molecule is CNC(Cc1ccc(F)cc1Br)c1cc(C)cc(C)c1. The fourth-order valence-electron chi connectivity index (χ4n) is 2.50. The Kier molecular flexibility index (Phi) is 4.95. The molecule has 0 saturated heterocycles. The molecule has 0 aliphatic rings. The van der Waals surface area contributed by atoms with Gasteiger partial charge in [0.05, 0.1) is 0 Å². The molecule has 1 atom stereocenters. The van der Waals surface area contributed by atoms with Crippen LogP contribution in [0.3, 0.4) is 0 Å². The summed E-state index contributed by atoms with van der Waals surface area (Å²) in [5, 5.41) is 3.35. The highest BCUT2D eigenvalue weighted by Crippen LogP contribution is 2.25. The predicted molar refractivity (Wildman–Crippen MR) is 85.5 cm³/mol. The molecule has 2 aromatic rings. The summed E-state index contributed by atoms with van der Waals surface area (Å²) in [5.74, 6) is -0.215. The highest BCUT2D eigenvalue weighted by Gasteiger charge is 2.13. The number of aryl methyl sites for hydroxylation is 2. The lowest BCUT2D eigenvalue weighted by Crippen LogP contribution is -2.19. The van der Waals surface area contributed by atoms with Crippen LogP contribution in [0.4, 0.5) is 4.39 Å². The van der Waals surface area contributed by atoms with Gasteiger partial charge in [0.15, 0.2) is 0 Å². The second-order valence-electron chi connectivity index (χ2n) is 5.20. The summed E-state index contributed by atoms with van der Waals surface area (Å²) in [6.45, 7) is 4.22. The van der Waals surface area contributed by atoms with Crippen LogP contribution in [0.25, 0.3) is 0 Å². The molecule has 0 aromatic heterocycles. The number of likely N-dealkylation sites (N-methyl/N-ethyl adjacent to an activating group) is 1. The molecule has 0 radical (unpaired) electrons. The van der Waals surface area contributed by atoms with Gasteiger partial charge in [-0.05, 0) is 50.6 Å². The van der Waals surface area contributed by atoms with Crippen LogP contribution in [-0.2, 0) is 6.42 Å². The van der Waals surface area contributed by atoms with Gasteiger partial charge < -0.3 is 5.32 Å². The smallest absolute Gasteiger partial charge is 0.124 e. The summed E-state index contributed by atoms with van der Waals surface area (Å²) in [6.07, 6.45) is 0.820. The third kappa shape index (κ3) is 3.68. The second-order valence-corrected chi connectivity index (χ2v) is 6.06. The molecule has 1 nitrogen and oxygen atoms in total. The van der Waals surface area contributed by atoms with Gasteiger partial charge in [0.25, 0.3) is 0 Å². The third-order valence-corrected chi connectivity index (χ3v) is 4.17. The molecule has 2 aromatic carbocycles. The van der Waals surface area contributed by atoms with Crippen LogP contribution in [-0.4, -0.2) is 7.05 Å². The molecular weight excluding hydrogens is 317 g/mol. The Balaban J connectivity index is 2.28. The monoisotopic (exact) mass is 335 g/mol. The van der Waals surface area contributed by atoms with Crippen molar-refractivity contribution in [1.29, 1.82) is 0 Å². The lowest BCUT2D eigenvalue weighted by atomic mass is 9.96. The molecule has 3 heteroatoms. The predicted octanol–water partition coefficient (Wildman–Crippen LogP) is 4.71. The third-order valence-electron chi connectivity index (χ3n) is 3.43. The first-order valence-electron chi connectivity index (χ1n) is 6.69. The molecular formula is C17H19BrFN. The summed E-state index contributed by atoms with van der Waals surface area (Å²) >= 11 is 3.44. The van der Waals surface area contributed by atoms with E-state index in [9.17, 15) is 4.39 Å². The van der Waals surface area contributed by atoms with Gasteiger partial charge in [0.2, 0.25) is 0 Å². The van der Waals surface area contributed by atoms with E-state index in [1.807, 2.05) is 13.1 Å². The van der Waals surface area contributed by atoms with Crippen molar-refractivity contribution in [1.82, 2.24) is 5.32 Å². The summed E-state index contributed by atoms with van der Waals surface area (Å²) < 4.78 is 14.0. The summed E-state index contributed by atoms with van der Waals surface area (Å²) in [4.78, 5) is 0. The maximum Gasteiger partial charge on any atom is 0.124 e. The Morgan fingerprint density at radius 1 is 1.10 bits per heavy atom. The standard InChI is InChI=1S/C17H19BrFN/c1-11-6-12(2)8-14(7-11)17(20-3)9-13-4-5-15(19)10-16(13)18/h4-8,10,17,20H,9H2,1-3H3. The number of rotatable bonds is 4. The molecule has 0 saturated carbocycles. The van der Waals surface area contributed by atoms with Gasteiger partial charge in [-0.3, -0.25) is 0 Å². The summed E-state index contributed by atoms with van der Waals surface area (Å²) in [7, 11) is 1.96. The van der Waals surface area contributed by atoms with Crippen LogP contribution < -0.4 is 5.32 Å². The quantitative estimate of drug-likeness (QED) is 0.853. The van der Waals surface area contributed by atoms with E-state index in [0.29, 0.717) is 0 Å². The number of hydrogen-bond donors (Lipinski definition) is 1. The summed E-state index contributed by atoms with van der Waals surface area (Å²) in [6, 6.07) is 11.7. The Morgan fingerprint density at radius 2 is 1.75 bits per heavy atom. The summed E-state index contributed by atoms with van der Waals surface area (Å²) in [5.41, 5.74) is 4.89. The highest BCUT2D eigenvalue weighted by atomic mass is 79.9. The molecule has 0 aliphatic carbocycles. The maximum absolute atomic E-state index is 13.1. The van der Waals surface area contributed by atoms with Crippen molar-refractivity contribution in [2.45, 2.75) is 26.3 Å². The van der Waals surface area contributed by atoms with Crippen LogP contribution in [0.5, 0.6) is 0 Å². The second kappa shape index (κ2) is 6.51. The van der Waals surface area contributed by atoms with Crippen LogP contribution >= 0.6 is 15.9 Å². The van der Waals surface area contributed by atoms with Crippen molar-refractivity contribution >= 4 is 15.9 Å². The maximum atomic E-state index is 13.1. The van der Waals surface area contributed by atoms with E-state index < -0.39 is 0 Å². The molecule has 0 fully saturated rings. The zero-order valence-electron chi connectivity index (χ0n) is 12.0. The molecule has 0 amide bonds. The molecule has 0 heterocycles. The normalized spacial score (nSPS) is 12.4. The van der Waals surface area contributed by atoms with Crippen molar-refractivity contribution < 1.29 is 4.39 Å². The van der Waals surface area contributed by atoms with E-state index in [-0.39, 0.29) is 11.9 Å². The topological polar surface area (TPSA) is 12.0 Å². The lowest BCUT2D eigenvalue weighted by Gasteiger charge is -2.19. The Bertz CT molecular complexity index is 590. The molecule has 2 rings (SSSR count). The fraction of sp³-hybridized carbons (Fsp3) is 0.294. The van der Waals surface area contributed by atoms with E-state index in [1.54, 1.807) is 0 Å². The largest absolute Gasteiger partial charge is 0.313 e. The minimum Gasteiger partial charge on any atom is -0.313 e. The van der Waals surface area contributed by atoms with E-state index in [1.165, 1.54) is 28.8 Å². The van der Waals surface area contributed by atoms with E-state index in [0.717, 1.165) is 16.5 Å². The van der Waals surface area contributed by atoms with Gasteiger partial charge in [0.1, 0.15) is 5.82 Å². The fourth-order valence-corrected chi connectivity index (χ4v) is 3.02. The van der Waals surface area contributed by atoms with Crippen molar-refractivity contribution in [3.63, 3.8) is 0 Å². The number of halogens is 2. The molecule has 20 heavy (non-hydrogen) atoms. The number of hydrogen-bond acceptors (Lipinski definition) is 1. The average Bonchev–Trinajstić information content (AvgIpc) is 2.36. The van der Waals surface area contributed by atoms with Gasteiger partial charge in [-0.25, -0.2) is 4.39 Å². The van der Waals surface area contributed by atoms with Crippen molar-refractivity contribution in [2.75, 3.05) is 7.05 Å². The Morgan fingerprint density at radius 3 is 2.30 bits per heavy atom. The Hall–Kier alpha value is -1.19. The van der Waals surface area contributed by atoms with Crippen LogP contribution in [0.1, 0.15) is 28.3 Å². The molecule has 1 N–H and O–H groups in total. The minimum atomic E-state index is -0.215. The number of benzene rings is 2. The van der Waals surface area contributed by atoms with E-state index in [4.69, 9.17) is 0 Å². The first kappa shape index (κ1) is 15.2. The first-order chi connectivity index (χ1) is 9.49. The van der Waals surface area contributed by atoms with Crippen LogP contribution in [0.15, 0.2) is 40.9 Å². The molecule has 0 spiro atoms. The Labute approximate surface area is 128 Å². The van der Waals surface area contributed by atoms with Crippen LogP contribution in [0, 0.1) is 19.7 Å². The molecule has 106 valence electrons. The van der Waals surface area contributed by atoms with E-state index >= 15 is 0 Å². The number of nitrogens with one attached hydrogen (secondary N) is 1. The zero-order chi connectivity index (χ0) is 14.7. The van der Waals surface area contributed by atoms with Crippen molar-refractivity contribution in [2.24, 2.45) is 0 Å². The first-order valence-corrected chi connectivity index (χ1v) is 7.48. The minimum absolute atomic E-state index is 0.215. The van der Waals surface area contributed by atoms with Gasteiger partial charge in [0, 0.05) is 10.5 Å². The van der Waals surface area contributed by atoms with Gasteiger partial charge >= 0.3 is 0 Å². The van der Waals surface area contributed by atoms with Gasteiger partial charge in [-0.1, -0.05) is 51.3 Å².